The van der Waals surface area contributed by atoms with Crippen molar-refractivity contribution < 1.29 is 14.3 Å². The number of ether oxygens (including phenoxy) is 1. The molecule has 29 heavy (non-hydrogen) atoms. The third kappa shape index (κ3) is 5.06. The molecule has 0 fully saturated rings. The average molecular weight is 412 g/mol. The number of nitrogens with zero attached hydrogens (tertiary/aromatic N) is 1. The van der Waals surface area contributed by atoms with Crippen molar-refractivity contribution in [2.24, 2.45) is 0 Å². The van der Waals surface area contributed by atoms with Gasteiger partial charge in [0.25, 0.3) is 11.8 Å². The maximum Gasteiger partial charge on any atom is 0.253 e. The van der Waals surface area contributed by atoms with Gasteiger partial charge in [-0.1, -0.05) is 6.07 Å². The highest BCUT2D eigenvalue weighted by Crippen LogP contribution is 2.19. The molecule has 0 aliphatic carbocycles. The number of hydrogen-bond donors (Lipinski definition) is 2. The van der Waals surface area contributed by atoms with Gasteiger partial charge in [-0.05, 0) is 55.6 Å². The van der Waals surface area contributed by atoms with Crippen molar-refractivity contribution >= 4 is 23.2 Å². The van der Waals surface area contributed by atoms with Gasteiger partial charge >= 0.3 is 0 Å². The van der Waals surface area contributed by atoms with Gasteiger partial charge in [0.05, 0.1) is 19.2 Å². The van der Waals surface area contributed by atoms with E-state index in [4.69, 9.17) is 4.74 Å². The Balaban J connectivity index is 1.51. The molecule has 0 spiro atoms. The molecule has 3 aromatic rings. The fourth-order valence-electron chi connectivity index (χ4n) is 3.12. The van der Waals surface area contributed by atoms with Crippen LogP contribution >= 0.6 is 11.3 Å². The highest BCUT2D eigenvalue weighted by molar-refractivity contribution is 7.09. The minimum absolute atomic E-state index is 0.130. The number of carbonyl (C=O) groups excluding carboxylic acids is 2. The Labute approximate surface area is 174 Å². The van der Waals surface area contributed by atoms with Gasteiger partial charge in [0, 0.05) is 34.9 Å². The molecule has 0 saturated heterocycles. The zero-order valence-electron chi connectivity index (χ0n) is 16.8. The summed E-state index contributed by atoms with van der Waals surface area (Å²) in [6.45, 7) is 5.44. The predicted molar refractivity (Wildman–Crippen MR) is 115 cm³/mol. The van der Waals surface area contributed by atoms with Gasteiger partial charge in [0.1, 0.15) is 5.75 Å². The summed E-state index contributed by atoms with van der Waals surface area (Å²) in [5.74, 6) is 0.385. The van der Waals surface area contributed by atoms with E-state index in [-0.39, 0.29) is 11.8 Å². The molecule has 6 nitrogen and oxygen atoms in total. The lowest BCUT2D eigenvalue weighted by atomic mass is 10.2. The molecular formula is C22H25N3O3S. The molecule has 0 bridgehead atoms. The Morgan fingerprint density at radius 1 is 1.03 bits per heavy atom. The molecule has 2 N–H and O–H groups in total. The molecule has 2 heterocycles. The number of nitrogens with one attached hydrogen (secondary N) is 2. The van der Waals surface area contributed by atoms with Crippen LogP contribution in [0.4, 0.5) is 0 Å². The lowest BCUT2D eigenvalue weighted by molar-refractivity contribution is 0.0927. The minimum Gasteiger partial charge on any atom is -0.497 e. The molecule has 0 unspecified atom stereocenters. The van der Waals surface area contributed by atoms with E-state index in [1.54, 1.807) is 42.7 Å². The molecule has 0 atom stereocenters. The van der Waals surface area contributed by atoms with E-state index in [2.05, 4.69) is 26.6 Å². The van der Waals surface area contributed by atoms with Crippen molar-refractivity contribution in [2.45, 2.75) is 20.4 Å². The monoisotopic (exact) mass is 411 g/mol. The Hall–Kier alpha value is -3.06. The van der Waals surface area contributed by atoms with Crippen LogP contribution in [0.15, 0.2) is 47.8 Å². The quantitative estimate of drug-likeness (QED) is 0.558. The smallest absolute Gasteiger partial charge is 0.253 e. The van der Waals surface area contributed by atoms with Gasteiger partial charge in [0.15, 0.2) is 0 Å². The van der Waals surface area contributed by atoms with Crippen molar-refractivity contribution in [3.63, 3.8) is 0 Å². The first-order valence-electron chi connectivity index (χ1n) is 9.39. The number of carbonyl (C=O) groups is 2. The van der Waals surface area contributed by atoms with Crippen molar-refractivity contribution in [1.82, 2.24) is 15.2 Å². The SMILES string of the molecule is COc1ccc(C(=O)NCCNC(=O)c2cc(C)n(Cc3cccs3)c2C)cc1. The molecule has 3 rings (SSSR count). The van der Waals surface area contributed by atoms with Crippen molar-refractivity contribution in [2.75, 3.05) is 20.2 Å². The average Bonchev–Trinajstić information content (AvgIpc) is 3.34. The Kier molecular flexibility index (Phi) is 6.72. The number of thiophene rings is 1. The van der Waals surface area contributed by atoms with Crippen molar-refractivity contribution in [3.05, 3.63) is 75.2 Å². The summed E-state index contributed by atoms with van der Waals surface area (Å²) in [6.07, 6.45) is 0. The van der Waals surface area contributed by atoms with Crippen molar-refractivity contribution in [1.29, 1.82) is 0 Å². The summed E-state index contributed by atoms with van der Waals surface area (Å²) in [5.41, 5.74) is 3.21. The van der Waals surface area contributed by atoms with Crippen LogP contribution in [0.25, 0.3) is 0 Å². The van der Waals surface area contributed by atoms with Crippen LogP contribution in [0.5, 0.6) is 5.75 Å². The minimum atomic E-state index is -0.184. The fraction of sp³-hybridized carbons (Fsp3) is 0.273. The van der Waals surface area contributed by atoms with E-state index in [9.17, 15) is 9.59 Å². The second kappa shape index (κ2) is 9.43. The number of benzene rings is 1. The number of amides is 2. The number of hydrogen-bond acceptors (Lipinski definition) is 4. The topological polar surface area (TPSA) is 72.4 Å². The van der Waals surface area contributed by atoms with E-state index in [0.29, 0.717) is 30.0 Å². The molecule has 0 aliphatic rings. The number of aromatic nitrogens is 1. The lowest BCUT2D eigenvalue weighted by Crippen LogP contribution is -2.34. The Bertz CT molecular complexity index is 976. The zero-order chi connectivity index (χ0) is 20.8. The molecule has 2 aromatic heterocycles. The summed E-state index contributed by atoms with van der Waals surface area (Å²) in [5, 5.41) is 7.74. The maximum absolute atomic E-state index is 12.6. The zero-order valence-corrected chi connectivity index (χ0v) is 17.6. The van der Waals surface area contributed by atoms with Gasteiger partial charge in [0.2, 0.25) is 0 Å². The van der Waals surface area contributed by atoms with Crippen LogP contribution in [-0.4, -0.2) is 36.6 Å². The van der Waals surface area contributed by atoms with E-state index in [1.165, 1.54) is 4.88 Å². The highest BCUT2D eigenvalue weighted by atomic mass is 32.1. The number of rotatable bonds is 8. The standard InChI is InChI=1S/C22H25N3O3S/c1-15-13-20(16(2)25(15)14-19-5-4-12-29-19)22(27)24-11-10-23-21(26)17-6-8-18(28-3)9-7-17/h4-9,12-13H,10-11,14H2,1-3H3,(H,23,26)(H,24,27). The molecule has 7 heteroatoms. The van der Waals surface area contributed by atoms with Gasteiger partial charge in [-0.3, -0.25) is 9.59 Å². The van der Waals surface area contributed by atoms with Gasteiger partial charge in [-0.25, -0.2) is 0 Å². The first-order valence-corrected chi connectivity index (χ1v) is 10.3. The van der Waals surface area contributed by atoms with Gasteiger partial charge < -0.3 is 19.9 Å². The second-order valence-corrected chi connectivity index (χ2v) is 7.72. The summed E-state index contributed by atoms with van der Waals surface area (Å²) >= 11 is 1.70. The maximum atomic E-state index is 12.6. The van der Waals surface area contributed by atoms with E-state index in [1.807, 2.05) is 26.0 Å². The van der Waals surface area contributed by atoms with Crippen LogP contribution in [0.1, 0.15) is 37.0 Å². The van der Waals surface area contributed by atoms with Gasteiger partial charge in [-0.2, -0.15) is 0 Å². The summed E-state index contributed by atoms with van der Waals surface area (Å²) in [6, 6.07) is 12.9. The molecule has 1 aromatic carbocycles. The van der Waals surface area contributed by atoms with Crippen LogP contribution < -0.4 is 15.4 Å². The largest absolute Gasteiger partial charge is 0.497 e. The molecule has 0 radical (unpaired) electrons. The van der Waals surface area contributed by atoms with Crippen LogP contribution in [0.2, 0.25) is 0 Å². The van der Waals surface area contributed by atoms with E-state index in [0.717, 1.165) is 17.9 Å². The molecule has 0 saturated carbocycles. The molecule has 152 valence electrons. The highest BCUT2D eigenvalue weighted by Gasteiger charge is 2.16. The van der Waals surface area contributed by atoms with E-state index < -0.39 is 0 Å². The lowest BCUT2D eigenvalue weighted by Gasteiger charge is -2.09. The van der Waals surface area contributed by atoms with Crippen LogP contribution in [-0.2, 0) is 6.54 Å². The predicted octanol–water partition coefficient (Wildman–Crippen LogP) is 3.38. The third-order valence-corrected chi connectivity index (χ3v) is 5.62. The van der Waals surface area contributed by atoms with Gasteiger partial charge in [-0.15, -0.1) is 11.3 Å². The Morgan fingerprint density at radius 3 is 2.34 bits per heavy atom. The van der Waals surface area contributed by atoms with Crippen molar-refractivity contribution in [3.8, 4) is 5.75 Å². The Morgan fingerprint density at radius 2 is 1.72 bits per heavy atom. The molecule has 2 amide bonds. The molecular weight excluding hydrogens is 386 g/mol. The fourth-order valence-corrected chi connectivity index (χ4v) is 3.82. The van der Waals surface area contributed by atoms with E-state index >= 15 is 0 Å². The normalized spacial score (nSPS) is 10.6. The number of aryl methyl sites for hydroxylation is 1. The summed E-state index contributed by atoms with van der Waals surface area (Å²) < 4.78 is 7.23. The second-order valence-electron chi connectivity index (χ2n) is 6.69. The van der Waals surface area contributed by atoms with Crippen LogP contribution in [0.3, 0.4) is 0 Å². The van der Waals surface area contributed by atoms with Crippen LogP contribution in [0, 0.1) is 13.8 Å². The first-order chi connectivity index (χ1) is 14.0. The first kappa shape index (κ1) is 20.7. The summed E-state index contributed by atoms with van der Waals surface area (Å²) in [7, 11) is 1.58. The molecule has 0 aliphatic heterocycles. The summed E-state index contributed by atoms with van der Waals surface area (Å²) in [4.78, 5) is 26.0. The third-order valence-electron chi connectivity index (χ3n) is 4.76. The number of methoxy groups -OCH3 is 1.